The number of hydrogen-bond donors (Lipinski definition) is 2. The zero-order chi connectivity index (χ0) is 20.3. The zero-order valence-electron chi connectivity index (χ0n) is 15.8. The number of carbonyl (C=O) groups is 4. The maximum atomic E-state index is 13.0. The predicted octanol–water partition coefficient (Wildman–Crippen LogP) is 1.51. The van der Waals surface area contributed by atoms with Crippen molar-refractivity contribution in [2.24, 2.45) is 0 Å². The lowest BCUT2D eigenvalue weighted by Gasteiger charge is -2.51. The topological polar surface area (TPSA) is 104 Å². The molecule has 0 saturated carbocycles. The van der Waals surface area contributed by atoms with Gasteiger partial charge in [0, 0.05) is 10.3 Å². The van der Waals surface area contributed by atoms with Crippen LogP contribution in [0.25, 0.3) is 0 Å². The number of nitrogens with zero attached hydrogens (tertiary/aromatic N) is 1. The first-order chi connectivity index (χ1) is 12.4. The molecule has 3 atom stereocenters. The summed E-state index contributed by atoms with van der Waals surface area (Å²) in [4.78, 5) is 51.3. The van der Waals surface area contributed by atoms with Gasteiger partial charge in [0.25, 0.3) is 11.8 Å². The van der Waals surface area contributed by atoms with Gasteiger partial charge in [-0.05, 0) is 45.7 Å². The van der Waals surface area contributed by atoms with Crippen LogP contribution in [0.2, 0.25) is 0 Å². The lowest BCUT2D eigenvalue weighted by molar-refractivity contribution is -0.170. The van der Waals surface area contributed by atoms with Crippen molar-refractivity contribution < 1.29 is 24.3 Å². The van der Waals surface area contributed by atoms with Gasteiger partial charge in [-0.2, -0.15) is 0 Å². The second kappa shape index (κ2) is 6.09. The molecule has 7 nitrogen and oxygen atoms in total. The van der Waals surface area contributed by atoms with E-state index in [0.29, 0.717) is 5.56 Å². The van der Waals surface area contributed by atoms with Gasteiger partial charge in [-0.15, -0.1) is 11.8 Å². The van der Waals surface area contributed by atoms with E-state index in [0.717, 1.165) is 11.1 Å². The molecule has 2 saturated heterocycles. The Morgan fingerprint density at radius 2 is 1.74 bits per heavy atom. The van der Waals surface area contributed by atoms with E-state index in [2.05, 4.69) is 5.32 Å². The minimum Gasteiger partial charge on any atom is -0.480 e. The smallest absolute Gasteiger partial charge is 0.327 e. The summed E-state index contributed by atoms with van der Waals surface area (Å²) >= 11 is 1.23. The molecule has 3 rings (SSSR count). The van der Waals surface area contributed by atoms with Gasteiger partial charge < -0.3 is 15.3 Å². The van der Waals surface area contributed by atoms with E-state index in [1.165, 1.54) is 23.6 Å². The number of aryl methyl sites for hydroxylation is 2. The Balaban J connectivity index is 2.00. The number of ketones is 1. The van der Waals surface area contributed by atoms with Crippen molar-refractivity contribution in [3.8, 4) is 0 Å². The molecule has 2 heterocycles. The highest BCUT2D eigenvalue weighted by Crippen LogP contribution is 2.55. The number of thioether (sulfide) groups is 1. The molecule has 144 valence electrons. The summed E-state index contributed by atoms with van der Waals surface area (Å²) in [5, 5.41) is 11.5. The second-order valence-electron chi connectivity index (χ2n) is 7.61. The van der Waals surface area contributed by atoms with Gasteiger partial charge >= 0.3 is 5.97 Å². The maximum Gasteiger partial charge on any atom is 0.327 e. The van der Waals surface area contributed by atoms with E-state index in [-0.39, 0.29) is 0 Å². The molecule has 2 N–H and O–H groups in total. The second-order valence-corrected chi connectivity index (χ2v) is 9.35. The monoisotopic (exact) mass is 390 g/mol. The van der Waals surface area contributed by atoms with Crippen LogP contribution in [0, 0.1) is 13.8 Å². The summed E-state index contributed by atoms with van der Waals surface area (Å²) in [7, 11) is 0. The highest BCUT2D eigenvalue weighted by molar-refractivity contribution is 8.01. The average molecular weight is 390 g/mol. The molecule has 2 aliphatic rings. The number of benzene rings is 1. The highest BCUT2D eigenvalue weighted by atomic mass is 32.2. The number of nitrogens with one attached hydrogen (secondary N) is 1. The predicted molar refractivity (Wildman–Crippen MR) is 101 cm³/mol. The number of Topliss-reactive ketones (excluding diaryl/α,β-unsaturated/α-hetero) is 1. The van der Waals surface area contributed by atoms with Crippen LogP contribution in [0.15, 0.2) is 18.2 Å². The third kappa shape index (κ3) is 2.57. The molecule has 2 fully saturated rings. The first-order valence-corrected chi connectivity index (χ1v) is 9.46. The normalized spacial score (nSPS) is 28.3. The van der Waals surface area contributed by atoms with Crippen molar-refractivity contribution in [1.82, 2.24) is 10.2 Å². The lowest BCUT2D eigenvalue weighted by atomic mass is 9.81. The molecule has 1 aromatic rings. The Bertz CT molecular complexity index is 861. The van der Waals surface area contributed by atoms with Crippen LogP contribution >= 0.6 is 11.8 Å². The molecular formula is C19H22N2O5S. The molecule has 0 spiro atoms. The molecule has 0 aromatic heterocycles. The summed E-state index contributed by atoms with van der Waals surface area (Å²) in [6, 6.07) is 4.34. The highest BCUT2D eigenvalue weighted by Gasteiger charge is 2.74. The minimum atomic E-state index is -1.74. The Morgan fingerprint density at radius 1 is 1.19 bits per heavy atom. The van der Waals surface area contributed by atoms with Crippen LogP contribution in [-0.2, 0) is 14.4 Å². The Labute approximate surface area is 161 Å². The molecule has 0 radical (unpaired) electrons. The first-order valence-electron chi connectivity index (χ1n) is 8.58. The molecular weight excluding hydrogens is 368 g/mol. The minimum absolute atomic E-state index is 0.418. The number of rotatable bonds is 4. The van der Waals surface area contributed by atoms with E-state index in [9.17, 15) is 24.3 Å². The fourth-order valence-corrected chi connectivity index (χ4v) is 5.75. The van der Waals surface area contributed by atoms with E-state index < -0.39 is 45.3 Å². The molecule has 27 heavy (non-hydrogen) atoms. The fourth-order valence-electron chi connectivity index (χ4n) is 4.00. The molecule has 1 aromatic carbocycles. The van der Waals surface area contributed by atoms with Gasteiger partial charge in [-0.25, -0.2) is 4.79 Å². The van der Waals surface area contributed by atoms with Crippen molar-refractivity contribution in [3.05, 3.63) is 34.9 Å². The molecule has 0 bridgehead atoms. The van der Waals surface area contributed by atoms with Crippen LogP contribution < -0.4 is 5.32 Å². The van der Waals surface area contributed by atoms with Crippen molar-refractivity contribution in [2.75, 3.05) is 0 Å². The Morgan fingerprint density at radius 3 is 2.22 bits per heavy atom. The van der Waals surface area contributed by atoms with Crippen molar-refractivity contribution >= 4 is 35.3 Å². The third-order valence-electron chi connectivity index (χ3n) is 5.36. The average Bonchev–Trinajstić information content (AvgIpc) is 2.81. The first kappa shape index (κ1) is 19.4. The fraction of sp³-hybridized carbons (Fsp3) is 0.474. The summed E-state index contributed by atoms with van der Waals surface area (Å²) in [5.74, 6) is -2.79. The molecule has 8 heteroatoms. The SMILES string of the molecule is CC(=O)C1(NC(=O)c2c(C)cccc2C)C(=O)N2[C@@H](C(=O)O)C(C)(C)S[C@@H]21. The maximum absolute atomic E-state index is 13.0. The number of amides is 2. The summed E-state index contributed by atoms with van der Waals surface area (Å²) in [5.41, 5.74) is 0.148. The standard InChI is InChI=1S/C19H22N2O5S/c1-9-7-6-8-10(2)12(9)14(23)20-19(11(3)22)16(26)21-13(15(24)25)18(4,5)27-17(19)21/h6-8,13,17H,1-5H3,(H,20,23)(H,24,25)/t13-,17+,19?/m0/s1. The number of hydrogen-bond acceptors (Lipinski definition) is 5. The van der Waals surface area contributed by atoms with Crippen molar-refractivity contribution in [3.63, 3.8) is 0 Å². The number of carbonyl (C=O) groups excluding carboxylic acids is 3. The van der Waals surface area contributed by atoms with Crippen LogP contribution in [0.1, 0.15) is 42.3 Å². The molecule has 0 aliphatic carbocycles. The zero-order valence-corrected chi connectivity index (χ0v) is 16.6. The van der Waals surface area contributed by atoms with E-state index in [4.69, 9.17) is 0 Å². The summed E-state index contributed by atoms with van der Waals surface area (Å²) in [6.07, 6.45) is 0. The third-order valence-corrected chi connectivity index (χ3v) is 6.99. The largest absolute Gasteiger partial charge is 0.480 e. The number of carboxylic acids is 1. The van der Waals surface area contributed by atoms with Gasteiger partial charge in [0.05, 0.1) is 0 Å². The van der Waals surface area contributed by atoms with Crippen molar-refractivity contribution in [1.29, 1.82) is 0 Å². The molecule has 2 amide bonds. The number of β-lactam (4-membered cyclic amide) rings is 1. The van der Waals surface area contributed by atoms with Crippen LogP contribution in [0.4, 0.5) is 0 Å². The van der Waals surface area contributed by atoms with Gasteiger partial charge in [-0.1, -0.05) is 18.2 Å². The number of fused-ring (bicyclic) bond motifs is 1. The van der Waals surface area contributed by atoms with E-state index in [1.807, 2.05) is 6.07 Å². The van der Waals surface area contributed by atoms with Crippen LogP contribution in [0.3, 0.4) is 0 Å². The molecule has 2 aliphatic heterocycles. The van der Waals surface area contributed by atoms with E-state index >= 15 is 0 Å². The van der Waals surface area contributed by atoms with Crippen molar-refractivity contribution in [2.45, 2.75) is 56.3 Å². The summed E-state index contributed by atoms with van der Waals surface area (Å²) < 4.78 is -0.785. The lowest BCUT2D eigenvalue weighted by Crippen LogP contribution is -2.82. The van der Waals surface area contributed by atoms with Gasteiger partial charge in [0.2, 0.25) is 5.54 Å². The summed E-state index contributed by atoms with van der Waals surface area (Å²) in [6.45, 7) is 8.26. The van der Waals surface area contributed by atoms with Crippen LogP contribution in [-0.4, -0.2) is 55.3 Å². The van der Waals surface area contributed by atoms with Gasteiger partial charge in [0.1, 0.15) is 11.4 Å². The Hall–Kier alpha value is -2.35. The Kier molecular flexibility index (Phi) is 4.38. The van der Waals surface area contributed by atoms with E-state index in [1.54, 1.807) is 39.8 Å². The quantitative estimate of drug-likeness (QED) is 0.597. The number of carboxylic acid groups (broad SMARTS) is 1. The number of aliphatic carboxylic acids is 1. The van der Waals surface area contributed by atoms with Gasteiger partial charge in [0.15, 0.2) is 5.78 Å². The molecule has 1 unspecified atom stereocenters. The van der Waals surface area contributed by atoms with Gasteiger partial charge in [-0.3, -0.25) is 14.4 Å². The van der Waals surface area contributed by atoms with Crippen LogP contribution in [0.5, 0.6) is 0 Å².